The van der Waals surface area contributed by atoms with Crippen LogP contribution in [0.1, 0.15) is 53.2 Å². The van der Waals surface area contributed by atoms with Gasteiger partial charge in [0.25, 0.3) is 5.91 Å². The fourth-order valence-corrected chi connectivity index (χ4v) is 4.75. The first kappa shape index (κ1) is 24.1. The zero-order valence-corrected chi connectivity index (χ0v) is 19.4. The van der Waals surface area contributed by atoms with Crippen molar-refractivity contribution in [3.8, 4) is 5.75 Å². The monoisotopic (exact) mass is 504 g/mol. The van der Waals surface area contributed by atoms with E-state index in [1.807, 2.05) is 13.0 Å². The van der Waals surface area contributed by atoms with Crippen molar-refractivity contribution >= 4 is 28.5 Å². The molecule has 11 heteroatoms. The summed E-state index contributed by atoms with van der Waals surface area (Å²) in [5.74, 6) is -2.01. The number of benzene rings is 1. The van der Waals surface area contributed by atoms with E-state index in [1.54, 1.807) is 4.90 Å². The number of halogens is 4. The van der Waals surface area contributed by atoms with Gasteiger partial charge in [0.1, 0.15) is 17.2 Å². The zero-order valence-electron chi connectivity index (χ0n) is 19.4. The van der Waals surface area contributed by atoms with Gasteiger partial charge in [0.05, 0.1) is 17.4 Å². The molecule has 0 spiro atoms. The van der Waals surface area contributed by atoms with E-state index >= 15 is 0 Å². The second-order valence-corrected chi connectivity index (χ2v) is 9.32. The third-order valence-electron chi connectivity index (χ3n) is 6.64. The minimum atomic E-state index is -4.91. The number of likely N-dealkylation sites (tertiary alicyclic amines) is 1. The van der Waals surface area contributed by atoms with Gasteiger partial charge in [-0.3, -0.25) is 9.59 Å². The maximum absolute atomic E-state index is 14.7. The van der Waals surface area contributed by atoms with Gasteiger partial charge in [0.15, 0.2) is 0 Å². The van der Waals surface area contributed by atoms with Gasteiger partial charge in [-0.25, -0.2) is 9.37 Å². The Morgan fingerprint density at radius 2 is 1.86 bits per heavy atom. The van der Waals surface area contributed by atoms with Crippen LogP contribution in [0.15, 0.2) is 30.5 Å². The zero-order chi connectivity index (χ0) is 25.6. The lowest BCUT2D eigenvalue weighted by Gasteiger charge is -2.33. The Hall–Kier alpha value is -3.63. The molecule has 7 nitrogen and oxygen atoms in total. The second kappa shape index (κ2) is 9.11. The lowest BCUT2D eigenvalue weighted by molar-refractivity contribution is -0.274. The van der Waals surface area contributed by atoms with Crippen LogP contribution in [0.5, 0.6) is 5.75 Å². The van der Waals surface area contributed by atoms with Crippen LogP contribution in [0.25, 0.3) is 11.0 Å². The molecule has 1 aliphatic heterocycles. The van der Waals surface area contributed by atoms with Crippen molar-refractivity contribution in [2.45, 2.75) is 44.9 Å². The number of rotatable bonds is 5. The number of nitrogens with one attached hydrogen (secondary N) is 2. The first-order valence-electron chi connectivity index (χ1n) is 11.7. The summed E-state index contributed by atoms with van der Waals surface area (Å²) in [6.07, 6.45) is -1.31. The van der Waals surface area contributed by atoms with Gasteiger partial charge in [0.2, 0.25) is 5.91 Å². The van der Waals surface area contributed by atoms with E-state index in [0.29, 0.717) is 50.0 Å². The van der Waals surface area contributed by atoms with Crippen molar-refractivity contribution < 1.29 is 31.9 Å². The average molecular weight is 504 g/mol. The third kappa shape index (κ3) is 5.00. The Labute approximate surface area is 203 Å². The van der Waals surface area contributed by atoms with Crippen LogP contribution in [-0.2, 0) is 4.79 Å². The first-order chi connectivity index (χ1) is 17.1. The van der Waals surface area contributed by atoms with Gasteiger partial charge >= 0.3 is 6.36 Å². The van der Waals surface area contributed by atoms with Crippen molar-refractivity contribution in [3.63, 3.8) is 0 Å². The fraction of sp³-hybridized carbons (Fsp3) is 0.400. The van der Waals surface area contributed by atoms with Crippen molar-refractivity contribution in [1.29, 1.82) is 0 Å². The highest BCUT2D eigenvalue weighted by atomic mass is 19.4. The predicted octanol–water partition coefficient (Wildman–Crippen LogP) is 5.28. The van der Waals surface area contributed by atoms with Gasteiger partial charge < -0.3 is 19.9 Å². The summed E-state index contributed by atoms with van der Waals surface area (Å²) < 4.78 is 56.8. The quantitative estimate of drug-likeness (QED) is 0.463. The highest BCUT2D eigenvalue weighted by molar-refractivity contribution is 6.05. The largest absolute Gasteiger partial charge is 0.573 e. The van der Waals surface area contributed by atoms with Gasteiger partial charge in [0, 0.05) is 41.7 Å². The number of fused-ring (bicyclic) bond motifs is 1. The minimum absolute atomic E-state index is 0.0227. The first-order valence-corrected chi connectivity index (χ1v) is 11.7. The smallest absolute Gasteiger partial charge is 0.406 e. The number of pyridine rings is 1. The van der Waals surface area contributed by atoms with Crippen molar-refractivity contribution in [3.05, 3.63) is 53.1 Å². The summed E-state index contributed by atoms with van der Waals surface area (Å²) in [6, 6.07) is 5.16. The van der Waals surface area contributed by atoms with Gasteiger partial charge in [-0.05, 0) is 56.7 Å². The number of aromatic amines is 1. The number of carbonyl (C=O) groups excluding carboxylic acids is 2. The molecule has 0 bridgehead atoms. The molecule has 5 rings (SSSR count). The lowest BCUT2D eigenvalue weighted by atomic mass is 9.87. The number of hydrogen-bond donors (Lipinski definition) is 2. The number of hydrogen-bond acceptors (Lipinski definition) is 4. The van der Waals surface area contributed by atoms with Crippen LogP contribution < -0.4 is 10.1 Å². The normalized spacial score (nSPS) is 16.9. The predicted molar refractivity (Wildman–Crippen MR) is 123 cm³/mol. The van der Waals surface area contributed by atoms with Crippen LogP contribution in [0.4, 0.5) is 23.2 Å². The Morgan fingerprint density at radius 1 is 1.14 bits per heavy atom. The Balaban J connectivity index is 1.35. The lowest BCUT2D eigenvalue weighted by Crippen LogP contribution is -2.38. The molecule has 0 unspecified atom stereocenters. The molecule has 3 aromatic rings. The highest BCUT2D eigenvalue weighted by Gasteiger charge is 2.34. The third-order valence-corrected chi connectivity index (χ3v) is 6.64. The van der Waals surface area contributed by atoms with Gasteiger partial charge in [-0.1, -0.05) is 0 Å². The molecule has 190 valence electrons. The molecule has 1 saturated carbocycles. The molecule has 36 heavy (non-hydrogen) atoms. The second-order valence-electron chi connectivity index (χ2n) is 9.32. The molecule has 2 aliphatic rings. The van der Waals surface area contributed by atoms with Crippen LogP contribution in [0.2, 0.25) is 0 Å². The summed E-state index contributed by atoms with van der Waals surface area (Å²) >= 11 is 0. The molecule has 1 aliphatic carbocycles. The Kier molecular flexibility index (Phi) is 6.09. The van der Waals surface area contributed by atoms with Gasteiger partial charge in [-0.2, -0.15) is 0 Å². The van der Waals surface area contributed by atoms with E-state index in [2.05, 4.69) is 20.0 Å². The molecular formula is C25H24F4N4O3. The number of nitrogens with zero attached hydrogens (tertiary/aromatic N) is 2. The number of aromatic nitrogens is 2. The summed E-state index contributed by atoms with van der Waals surface area (Å²) in [4.78, 5) is 34.4. The highest BCUT2D eigenvalue weighted by Crippen LogP contribution is 2.37. The van der Waals surface area contributed by atoms with Crippen LogP contribution in [0.3, 0.4) is 0 Å². The number of carbonyl (C=O) groups is 2. The molecule has 2 aromatic heterocycles. The maximum atomic E-state index is 14.7. The summed E-state index contributed by atoms with van der Waals surface area (Å²) in [5.41, 5.74) is 2.11. The number of anilines is 1. The number of piperidine rings is 1. The number of amides is 2. The molecule has 1 saturated heterocycles. The minimum Gasteiger partial charge on any atom is -0.406 e. The Bertz CT molecular complexity index is 1320. The van der Waals surface area contributed by atoms with E-state index < -0.39 is 23.8 Å². The molecule has 2 fully saturated rings. The summed E-state index contributed by atoms with van der Waals surface area (Å²) in [6.45, 7) is 2.52. The van der Waals surface area contributed by atoms with E-state index in [-0.39, 0.29) is 29.0 Å². The average Bonchev–Trinajstić information content (AvgIpc) is 3.60. The number of alkyl halides is 3. The topological polar surface area (TPSA) is 87.3 Å². The molecular weight excluding hydrogens is 480 g/mol. The molecule has 1 aromatic carbocycles. The van der Waals surface area contributed by atoms with E-state index in [0.717, 1.165) is 23.2 Å². The molecule has 2 N–H and O–H groups in total. The van der Waals surface area contributed by atoms with E-state index in [4.69, 9.17) is 0 Å². The van der Waals surface area contributed by atoms with Crippen molar-refractivity contribution in [1.82, 2.24) is 14.9 Å². The molecule has 3 heterocycles. The molecule has 0 atom stereocenters. The summed E-state index contributed by atoms with van der Waals surface area (Å²) in [5, 5.41) is 3.31. The number of aryl methyl sites for hydroxylation is 1. The Morgan fingerprint density at radius 3 is 2.53 bits per heavy atom. The molecule has 2 amide bonds. The number of ether oxygens (including phenoxy) is 1. The fourth-order valence-electron chi connectivity index (χ4n) is 4.75. The standard InChI is InChI=1S/C25H24F4N4O3/c1-13-10-18-21(19(26)12-30-22(18)31-13)14-6-8-33(9-7-14)24(35)17-5-4-16(36-25(27,28)29)11-20(17)32-23(34)15-2-3-15/h4-5,10-12,14-15H,2-3,6-9H2,1H3,(H,30,31)(H,32,34). The van der Waals surface area contributed by atoms with Crippen LogP contribution in [-0.4, -0.2) is 46.1 Å². The summed E-state index contributed by atoms with van der Waals surface area (Å²) in [7, 11) is 0. The van der Waals surface area contributed by atoms with E-state index in [9.17, 15) is 27.2 Å². The van der Waals surface area contributed by atoms with Crippen LogP contribution >= 0.6 is 0 Å². The van der Waals surface area contributed by atoms with E-state index in [1.165, 1.54) is 12.3 Å². The SMILES string of the molecule is Cc1cc2c(C3CCN(C(=O)c4ccc(OC(F)(F)F)cc4NC(=O)C4CC4)CC3)c(F)cnc2[nH]1. The van der Waals surface area contributed by atoms with Crippen LogP contribution in [0, 0.1) is 18.7 Å². The number of H-pyrrole nitrogens is 1. The maximum Gasteiger partial charge on any atom is 0.573 e. The van der Waals surface area contributed by atoms with Crippen molar-refractivity contribution in [2.75, 3.05) is 18.4 Å². The molecule has 0 radical (unpaired) electrons. The van der Waals surface area contributed by atoms with Gasteiger partial charge in [-0.15, -0.1) is 13.2 Å². The van der Waals surface area contributed by atoms with Crippen molar-refractivity contribution in [2.24, 2.45) is 5.92 Å².